The Morgan fingerprint density at radius 3 is 2.21 bits per heavy atom. The van der Waals surface area contributed by atoms with Crippen LogP contribution in [0.3, 0.4) is 0 Å². The molecule has 0 spiro atoms. The van der Waals surface area contributed by atoms with Gasteiger partial charge < -0.3 is 5.11 Å². The van der Waals surface area contributed by atoms with Crippen molar-refractivity contribution in [2.45, 2.75) is 11.3 Å². The Bertz CT molecular complexity index is 971. The van der Waals surface area contributed by atoms with Crippen molar-refractivity contribution in [3.8, 4) is 0 Å². The molecule has 0 saturated carbocycles. The molecule has 29 heavy (non-hydrogen) atoms. The van der Waals surface area contributed by atoms with E-state index in [4.69, 9.17) is 10.1 Å². The third kappa shape index (κ3) is 2.69. The maximum atomic E-state index is 13.2. The molecule has 0 bridgehead atoms. The van der Waals surface area contributed by atoms with Crippen LogP contribution in [0.1, 0.15) is 11.1 Å². The van der Waals surface area contributed by atoms with Crippen molar-refractivity contribution < 1.29 is 14.7 Å². The molecule has 2 amide bonds. The number of carbonyl (C=O) groups is 2. The van der Waals surface area contributed by atoms with E-state index < -0.39 is 17.3 Å². The van der Waals surface area contributed by atoms with Crippen molar-refractivity contribution in [2.24, 2.45) is 4.99 Å². The third-order valence-electron chi connectivity index (χ3n) is 5.38. The summed E-state index contributed by atoms with van der Waals surface area (Å²) >= 11 is 1.07. The molecule has 3 N–H and O–H groups in total. The van der Waals surface area contributed by atoms with E-state index in [9.17, 15) is 9.59 Å². The van der Waals surface area contributed by atoms with Gasteiger partial charge in [-0.3, -0.25) is 20.0 Å². The quantitative estimate of drug-likeness (QED) is 0.712. The number of likely N-dealkylation sites (N-methyl/N-ethyl adjacent to an activating group) is 2. The zero-order chi connectivity index (χ0) is 20.6. The number of benzene rings is 2. The molecule has 0 aromatic heterocycles. The minimum atomic E-state index is -1.15. The maximum absolute atomic E-state index is 13.2. The van der Waals surface area contributed by atoms with Gasteiger partial charge in [0.2, 0.25) is 5.66 Å². The van der Waals surface area contributed by atoms with E-state index in [2.05, 4.69) is 10.9 Å². The van der Waals surface area contributed by atoms with Crippen molar-refractivity contribution in [3.63, 3.8) is 0 Å². The maximum Gasteiger partial charge on any atom is 0.323 e. The number of nitrogens with zero attached hydrogens (tertiary/aromatic N) is 3. The summed E-state index contributed by atoms with van der Waals surface area (Å²) in [4.78, 5) is 32.5. The Hall–Kier alpha value is -3.04. The average molecular weight is 411 g/mol. The smallest absolute Gasteiger partial charge is 0.323 e. The molecular formula is C20H21N5O3S. The van der Waals surface area contributed by atoms with E-state index in [1.54, 1.807) is 23.9 Å². The van der Waals surface area contributed by atoms with E-state index in [0.717, 1.165) is 22.9 Å². The van der Waals surface area contributed by atoms with Crippen molar-refractivity contribution in [3.05, 3.63) is 71.8 Å². The number of urea groups is 1. The van der Waals surface area contributed by atoms with Gasteiger partial charge in [-0.15, -0.1) is 0 Å². The summed E-state index contributed by atoms with van der Waals surface area (Å²) in [5, 5.41) is 9.48. The Balaban J connectivity index is 1.99. The highest BCUT2D eigenvalue weighted by atomic mass is 32.2. The van der Waals surface area contributed by atoms with Crippen LogP contribution in [0.5, 0.6) is 0 Å². The number of carbonyl (C=O) groups excluding carboxylic acids is 1. The van der Waals surface area contributed by atoms with E-state index in [1.165, 1.54) is 0 Å². The van der Waals surface area contributed by atoms with Gasteiger partial charge in [0.1, 0.15) is 0 Å². The van der Waals surface area contributed by atoms with Crippen LogP contribution in [0.2, 0.25) is 0 Å². The number of amidine groups is 1. The summed E-state index contributed by atoms with van der Waals surface area (Å²) in [6, 6.07) is 19.0. The van der Waals surface area contributed by atoms with E-state index >= 15 is 0 Å². The molecule has 150 valence electrons. The van der Waals surface area contributed by atoms with Crippen LogP contribution in [0, 0.1) is 0 Å². The van der Waals surface area contributed by atoms with Crippen molar-refractivity contribution >= 4 is 28.9 Å². The minimum absolute atomic E-state index is 0.149. The lowest BCUT2D eigenvalue weighted by Gasteiger charge is -2.50. The van der Waals surface area contributed by atoms with Gasteiger partial charge in [0.25, 0.3) is 0 Å². The van der Waals surface area contributed by atoms with Crippen molar-refractivity contribution in [1.82, 2.24) is 20.7 Å². The van der Waals surface area contributed by atoms with Crippen LogP contribution >= 0.6 is 11.8 Å². The molecule has 2 aromatic carbocycles. The Labute approximate surface area is 172 Å². The zero-order valence-corrected chi connectivity index (χ0v) is 16.8. The Morgan fingerprint density at radius 2 is 1.62 bits per heavy atom. The van der Waals surface area contributed by atoms with Gasteiger partial charge in [0.15, 0.2) is 10.8 Å². The molecule has 2 aliphatic rings. The summed E-state index contributed by atoms with van der Waals surface area (Å²) in [6.45, 7) is 0. The number of fused-ring (bicyclic) bond motifs is 1. The highest BCUT2D eigenvalue weighted by molar-refractivity contribution is 8.14. The summed E-state index contributed by atoms with van der Waals surface area (Å²) < 4.78 is 0. The topological polar surface area (TPSA) is 97.3 Å². The second-order valence-electron chi connectivity index (χ2n) is 6.86. The molecule has 0 aliphatic carbocycles. The van der Waals surface area contributed by atoms with Gasteiger partial charge >= 0.3 is 12.0 Å². The molecule has 4 rings (SSSR count). The first kappa shape index (κ1) is 19.3. The SMILES string of the molecule is CN1C(=O)N(C)[C@]2(c3ccccc3)N=C(SCC(=O)O)NN[C@]12c1ccccc1. The molecular weight excluding hydrogens is 390 g/mol. The molecule has 0 radical (unpaired) electrons. The normalized spacial score (nSPS) is 26.0. The van der Waals surface area contributed by atoms with Gasteiger partial charge in [-0.2, -0.15) is 0 Å². The number of hydrogen-bond donors (Lipinski definition) is 3. The van der Waals surface area contributed by atoms with E-state index in [1.807, 2.05) is 60.7 Å². The van der Waals surface area contributed by atoms with Crippen LogP contribution in [-0.2, 0) is 16.1 Å². The molecule has 1 saturated heterocycles. The number of aliphatic imine (C=N–C) groups is 1. The number of amides is 2. The monoisotopic (exact) mass is 411 g/mol. The lowest BCUT2D eigenvalue weighted by Crippen LogP contribution is -2.70. The number of carboxylic acids is 1. The van der Waals surface area contributed by atoms with Gasteiger partial charge in [0, 0.05) is 19.7 Å². The van der Waals surface area contributed by atoms with Crippen LogP contribution in [0.15, 0.2) is 65.7 Å². The van der Waals surface area contributed by atoms with Crippen LogP contribution in [-0.4, -0.2) is 51.9 Å². The Kier molecular flexibility index (Phi) is 4.71. The molecule has 2 aromatic rings. The fourth-order valence-electron chi connectivity index (χ4n) is 4.11. The van der Waals surface area contributed by atoms with Crippen LogP contribution in [0.25, 0.3) is 0 Å². The highest BCUT2D eigenvalue weighted by Crippen LogP contribution is 2.53. The number of hydrazine groups is 1. The van der Waals surface area contributed by atoms with E-state index in [-0.39, 0.29) is 11.8 Å². The fraction of sp³-hybridized carbons (Fsp3) is 0.250. The summed E-state index contributed by atoms with van der Waals surface area (Å²) in [5.74, 6) is -1.09. The number of hydrogen-bond acceptors (Lipinski definition) is 6. The number of carboxylic acid groups (broad SMARTS) is 1. The van der Waals surface area contributed by atoms with Crippen LogP contribution < -0.4 is 10.9 Å². The van der Waals surface area contributed by atoms with Crippen LogP contribution in [0.4, 0.5) is 4.79 Å². The molecule has 1 fully saturated rings. The lowest BCUT2D eigenvalue weighted by atomic mass is 9.80. The average Bonchev–Trinajstić information content (AvgIpc) is 2.93. The first-order valence-corrected chi connectivity index (χ1v) is 10.0. The first-order chi connectivity index (χ1) is 13.9. The predicted octanol–water partition coefficient (Wildman–Crippen LogP) is 1.97. The fourth-order valence-corrected chi connectivity index (χ4v) is 4.69. The predicted molar refractivity (Wildman–Crippen MR) is 111 cm³/mol. The molecule has 2 aliphatic heterocycles. The summed E-state index contributed by atoms with van der Waals surface area (Å²) in [5.41, 5.74) is 5.80. The number of nitrogens with one attached hydrogen (secondary N) is 2. The zero-order valence-electron chi connectivity index (χ0n) is 16.0. The third-order valence-corrected chi connectivity index (χ3v) is 6.24. The molecule has 9 heteroatoms. The molecule has 2 heterocycles. The van der Waals surface area contributed by atoms with Gasteiger partial charge in [-0.05, 0) is 5.56 Å². The van der Waals surface area contributed by atoms with Gasteiger partial charge in [-0.25, -0.2) is 15.2 Å². The Morgan fingerprint density at radius 1 is 1.03 bits per heavy atom. The number of rotatable bonds is 4. The van der Waals surface area contributed by atoms with Gasteiger partial charge in [0.05, 0.1) is 5.75 Å². The largest absolute Gasteiger partial charge is 0.481 e. The second kappa shape index (κ2) is 7.09. The highest BCUT2D eigenvalue weighted by Gasteiger charge is 2.69. The van der Waals surface area contributed by atoms with Crippen molar-refractivity contribution in [1.29, 1.82) is 0 Å². The summed E-state index contributed by atoms with van der Waals surface area (Å²) in [6.07, 6.45) is 0. The number of thioether (sulfide) groups is 1. The summed E-state index contributed by atoms with van der Waals surface area (Å²) in [7, 11) is 3.45. The van der Waals surface area contributed by atoms with E-state index in [0.29, 0.717) is 5.17 Å². The minimum Gasteiger partial charge on any atom is -0.481 e. The van der Waals surface area contributed by atoms with Crippen molar-refractivity contribution in [2.75, 3.05) is 19.8 Å². The second-order valence-corrected chi connectivity index (χ2v) is 7.83. The molecule has 0 unspecified atom stereocenters. The molecule has 2 atom stereocenters. The van der Waals surface area contributed by atoms with Gasteiger partial charge in [-0.1, -0.05) is 72.4 Å². The molecule has 8 nitrogen and oxygen atoms in total. The lowest BCUT2D eigenvalue weighted by molar-refractivity contribution is -0.133. The number of aliphatic carboxylic acids is 1. The standard InChI is InChI=1S/C20H21N5O3S/c1-24-18(28)25(2)20(15-11-7-4-8-12-15)19(24,14-9-5-3-6-10-14)21-17(22-23-20)29-13-16(26)27/h3-12,23H,13H2,1-2H3,(H,21,22)(H,26,27)/t19-,20+/m0/s1. The first-order valence-electron chi connectivity index (χ1n) is 9.04.